The lowest BCUT2D eigenvalue weighted by Crippen LogP contribution is -2.15. The number of hydrogen-bond donors (Lipinski definition) is 2. The van der Waals surface area contributed by atoms with Crippen molar-refractivity contribution in [1.82, 2.24) is 9.97 Å². The van der Waals surface area contributed by atoms with Gasteiger partial charge >= 0.3 is 0 Å². The highest BCUT2D eigenvalue weighted by Crippen LogP contribution is 2.24. The van der Waals surface area contributed by atoms with E-state index in [9.17, 15) is 14.7 Å². The van der Waals surface area contributed by atoms with E-state index in [0.29, 0.717) is 5.56 Å². The first kappa shape index (κ1) is 12.1. The lowest BCUT2D eigenvalue weighted by atomic mass is 10.1. The number of benzene rings is 1. The molecule has 2 heterocycles. The minimum atomic E-state index is -0.454. The van der Waals surface area contributed by atoms with Crippen LogP contribution >= 0.6 is 0 Å². The first-order valence-electron chi connectivity index (χ1n) is 5.98. The van der Waals surface area contributed by atoms with Gasteiger partial charge < -0.3 is 10.1 Å². The van der Waals surface area contributed by atoms with Gasteiger partial charge in [0.05, 0.1) is 5.39 Å². The van der Waals surface area contributed by atoms with E-state index in [1.54, 1.807) is 36.4 Å². The van der Waals surface area contributed by atoms with Crippen LogP contribution in [-0.2, 0) is 0 Å². The number of hydrogen-bond acceptors (Lipinski definition) is 4. The Morgan fingerprint density at radius 1 is 1.10 bits per heavy atom. The zero-order chi connectivity index (χ0) is 14.1. The molecular formula is C15H10N2O3. The minimum absolute atomic E-state index is 0.121. The largest absolute Gasteiger partial charge is 0.504 e. The van der Waals surface area contributed by atoms with Crippen molar-refractivity contribution in [3.8, 4) is 5.75 Å². The number of nitrogens with zero attached hydrogens (tertiary/aromatic N) is 1. The highest BCUT2D eigenvalue weighted by molar-refractivity contribution is 6.11. The molecule has 0 saturated carbocycles. The highest BCUT2D eigenvalue weighted by atomic mass is 16.3. The SMILES string of the molecule is O=C(c1ccccc1)c1[nH]c(=O)c2cccnc2c1O. The maximum atomic E-state index is 12.3. The molecule has 5 heteroatoms. The third kappa shape index (κ3) is 1.85. The van der Waals surface area contributed by atoms with E-state index in [4.69, 9.17) is 0 Å². The number of pyridine rings is 2. The Bertz CT molecular complexity index is 854. The summed E-state index contributed by atoms with van der Waals surface area (Å²) in [5, 5.41) is 10.4. The lowest BCUT2D eigenvalue weighted by Gasteiger charge is -2.06. The molecule has 3 aromatic rings. The van der Waals surface area contributed by atoms with E-state index in [1.807, 2.05) is 0 Å². The quantitative estimate of drug-likeness (QED) is 0.693. The number of aromatic nitrogens is 2. The van der Waals surface area contributed by atoms with Crippen molar-refractivity contribution >= 4 is 16.7 Å². The fraction of sp³-hybridized carbons (Fsp3) is 0. The fourth-order valence-corrected chi connectivity index (χ4v) is 2.03. The maximum absolute atomic E-state index is 12.3. The first-order chi connectivity index (χ1) is 9.68. The van der Waals surface area contributed by atoms with Gasteiger partial charge in [0.25, 0.3) is 5.56 Å². The molecule has 3 rings (SSSR count). The molecule has 5 nitrogen and oxygen atoms in total. The molecule has 98 valence electrons. The van der Waals surface area contributed by atoms with Gasteiger partial charge in [0.1, 0.15) is 11.2 Å². The van der Waals surface area contributed by atoms with Crippen molar-refractivity contribution < 1.29 is 9.90 Å². The van der Waals surface area contributed by atoms with Crippen LogP contribution in [0.3, 0.4) is 0 Å². The summed E-state index contributed by atoms with van der Waals surface area (Å²) in [5.74, 6) is -0.762. The van der Waals surface area contributed by atoms with Gasteiger partial charge in [0, 0.05) is 11.8 Å². The van der Waals surface area contributed by atoms with Crippen LogP contribution in [-0.4, -0.2) is 20.9 Å². The van der Waals surface area contributed by atoms with Gasteiger partial charge in [-0.15, -0.1) is 0 Å². The first-order valence-corrected chi connectivity index (χ1v) is 5.98. The van der Waals surface area contributed by atoms with Crippen molar-refractivity contribution in [2.45, 2.75) is 0 Å². The van der Waals surface area contributed by atoms with Gasteiger partial charge in [0.15, 0.2) is 5.75 Å². The normalized spacial score (nSPS) is 10.6. The number of fused-ring (bicyclic) bond motifs is 1. The average molecular weight is 266 g/mol. The van der Waals surface area contributed by atoms with Crippen molar-refractivity contribution in [2.24, 2.45) is 0 Å². The van der Waals surface area contributed by atoms with E-state index in [2.05, 4.69) is 9.97 Å². The monoisotopic (exact) mass is 266 g/mol. The topological polar surface area (TPSA) is 83.0 Å². The molecule has 0 fully saturated rings. The molecule has 0 saturated heterocycles. The van der Waals surface area contributed by atoms with Crippen LogP contribution < -0.4 is 5.56 Å². The second-order valence-electron chi connectivity index (χ2n) is 4.27. The van der Waals surface area contributed by atoms with Gasteiger partial charge in [0.2, 0.25) is 5.78 Å². The summed E-state index contributed by atoms with van der Waals surface area (Å²) in [5.41, 5.74) is -0.0955. The zero-order valence-corrected chi connectivity index (χ0v) is 10.3. The number of ketones is 1. The van der Waals surface area contributed by atoms with Crippen LogP contribution in [0.25, 0.3) is 10.9 Å². The highest BCUT2D eigenvalue weighted by Gasteiger charge is 2.18. The molecule has 0 amide bonds. The molecule has 0 unspecified atom stereocenters. The molecule has 0 radical (unpaired) electrons. The fourth-order valence-electron chi connectivity index (χ4n) is 2.03. The number of H-pyrrole nitrogens is 1. The molecule has 0 atom stereocenters. The molecule has 0 aliphatic carbocycles. The standard InChI is InChI=1S/C15H10N2O3/c18-13(9-5-2-1-3-6-9)12-14(19)11-10(15(20)17-12)7-4-8-16-11/h1-8,19H,(H,17,20). The molecule has 1 aromatic carbocycles. The molecule has 0 spiro atoms. The van der Waals surface area contributed by atoms with Crippen LogP contribution in [0.4, 0.5) is 0 Å². The Balaban J connectivity index is 2.25. The molecule has 0 bridgehead atoms. The van der Waals surface area contributed by atoms with Gasteiger partial charge in [-0.1, -0.05) is 30.3 Å². The molecular weight excluding hydrogens is 256 g/mol. The molecule has 0 aliphatic rings. The minimum Gasteiger partial charge on any atom is -0.504 e. The van der Waals surface area contributed by atoms with E-state index >= 15 is 0 Å². The van der Waals surface area contributed by atoms with Gasteiger partial charge in [-0.2, -0.15) is 0 Å². The summed E-state index contributed by atoms with van der Waals surface area (Å²) in [6, 6.07) is 11.6. The number of carbonyl (C=O) groups is 1. The molecule has 0 aliphatic heterocycles. The van der Waals surface area contributed by atoms with Crippen LogP contribution in [0, 0.1) is 0 Å². The third-order valence-corrected chi connectivity index (χ3v) is 3.02. The summed E-state index contributed by atoms with van der Waals surface area (Å²) >= 11 is 0. The van der Waals surface area contributed by atoms with Gasteiger partial charge in [-0.25, -0.2) is 0 Å². The van der Waals surface area contributed by atoms with Gasteiger partial charge in [-0.3, -0.25) is 14.6 Å². The van der Waals surface area contributed by atoms with E-state index in [0.717, 1.165) is 0 Å². The number of aromatic amines is 1. The van der Waals surface area contributed by atoms with Crippen LogP contribution in [0.2, 0.25) is 0 Å². The van der Waals surface area contributed by atoms with Crippen LogP contribution in [0.15, 0.2) is 53.5 Å². The summed E-state index contributed by atoms with van der Waals surface area (Å²) < 4.78 is 0. The Hall–Kier alpha value is -2.95. The van der Waals surface area contributed by atoms with Crippen LogP contribution in [0.1, 0.15) is 16.1 Å². The predicted molar refractivity (Wildman–Crippen MR) is 73.9 cm³/mol. The average Bonchev–Trinajstić information content (AvgIpc) is 2.51. The molecule has 2 aromatic heterocycles. The Morgan fingerprint density at radius 3 is 2.60 bits per heavy atom. The second kappa shape index (κ2) is 4.62. The second-order valence-corrected chi connectivity index (χ2v) is 4.27. The Morgan fingerprint density at radius 2 is 1.85 bits per heavy atom. The Labute approximate surface area is 113 Å². The van der Waals surface area contributed by atoms with Crippen molar-refractivity contribution in [3.05, 3.63) is 70.3 Å². The summed E-state index contributed by atoms with van der Waals surface area (Å²) in [7, 11) is 0. The summed E-state index contributed by atoms with van der Waals surface area (Å²) in [6.07, 6.45) is 1.46. The van der Waals surface area contributed by atoms with E-state index in [-0.39, 0.29) is 22.3 Å². The number of rotatable bonds is 2. The van der Waals surface area contributed by atoms with Crippen molar-refractivity contribution in [3.63, 3.8) is 0 Å². The van der Waals surface area contributed by atoms with Gasteiger partial charge in [-0.05, 0) is 12.1 Å². The van der Waals surface area contributed by atoms with E-state index in [1.165, 1.54) is 12.3 Å². The molecule has 20 heavy (non-hydrogen) atoms. The number of carbonyl (C=O) groups excluding carboxylic acids is 1. The summed E-state index contributed by atoms with van der Waals surface area (Å²) in [4.78, 5) is 30.6. The maximum Gasteiger partial charge on any atom is 0.258 e. The smallest absolute Gasteiger partial charge is 0.258 e. The number of aromatic hydroxyl groups is 1. The van der Waals surface area contributed by atoms with Crippen LogP contribution in [0.5, 0.6) is 5.75 Å². The van der Waals surface area contributed by atoms with E-state index < -0.39 is 11.3 Å². The lowest BCUT2D eigenvalue weighted by molar-refractivity contribution is 0.103. The molecule has 2 N–H and O–H groups in total. The zero-order valence-electron chi connectivity index (χ0n) is 10.3. The predicted octanol–water partition coefficient (Wildman–Crippen LogP) is 1.86. The summed E-state index contributed by atoms with van der Waals surface area (Å²) in [6.45, 7) is 0. The third-order valence-electron chi connectivity index (χ3n) is 3.02. The Kier molecular flexibility index (Phi) is 2.80. The van der Waals surface area contributed by atoms with Crippen molar-refractivity contribution in [2.75, 3.05) is 0 Å². The van der Waals surface area contributed by atoms with Crippen molar-refractivity contribution in [1.29, 1.82) is 0 Å². The number of nitrogens with one attached hydrogen (secondary N) is 1.